The van der Waals surface area contributed by atoms with Crippen molar-refractivity contribution >= 4 is 71.8 Å². The Morgan fingerprint density at radius 1 is 1.02 bits per heavy atom. The summed E-state index contributed by atoms with van der Waals surface area (Å²) in [6.45, 7) is 8.06. The molecule has 1 aromatic carbocycles. The van der Waals surface area contributed by atoms with Crippen molar-refractivity contribution in [3.8, 4) is 0 Å². The number of nitrogens with zero attached hydrogens (tertiary/aromatic N) is 4. The Balaban J connectivity index is 1.52. The molecule has 1 saturated heterocycles. The van der Waals surface area contributed by atoms with Crippen LogP contribution in [0.1, 0.15) is 65.4 Å². The van der Waals surface area contributed by atoms with Gasteiger partial charge in [-0.3, -0.25) is 24.6 Å². The molecule has 3 aliphatic rings. The highest BCUT2D eigenvalue weighted by Gasteiger charge is 2.40. The molecule has 15 nitrogen and oxygen atoms in total. The minimum absolute atomic E-state index is 0.0510. The van der Waals surface area contributed by atoms with Crippen LogP contribution in [0, 0.1) is 5.41 Å². The summed E-state index contributed by atoms with van der Waals surface area (Å²) < 4.78 is 18.7. The van der Waals surface area contributed by atoms with Crippen LogP contribution in [-0.4, -0.2) is 97.5 Å². The van der Waals surface area contributed by atoms with Gasteiger partial charge >= 0.3 is 13.1 Å². The van der Waals surface area contributed by atoms with E-state index in [4.69, 9.17) is 9.68 Å². The topological polar surface area (TPSA) is 202 Å². The van der Waals surface area contributed by atoms with E-state index in [1.807, 2.05) is 56.4 Å². The molecule has 0 atom stereocenters. The minimum Gasteiger partial charge on any atom is -0.423 e. The van der Waals surface area contributed by atoms with Crippen LogP contribution in [-0.2, 0) is 34.3 Å². The number of rotatable bonds is 17. The predicted octanol–water partition coefficient (Wildman–Crippen LogP) is 3.84. The molecule has 0 unspecified atom stereocenters. The Morgan fingerprint density at radius 2 is 1.71 bits per heavy atom. The Morgan fingerprint density at radius 3 is 2.38 bits per heavy atom. The van der Waals surface area contributed by atoms with E-state index in [1.165, 1.54) is 13.2 Å². The first-order valence-electron chi connectivity index (χ1n) is 17.7. The summed E-state index contributed by atoms with van der Waals surface area (Å²) in [5.74, 6) is -1.84. The second-order valence-electron chi connectivity index (χ2n) is 14.0. The molecule has 0 saturated carbocycles. The normalized spacial score (nSPS) is 21.4. The first kappa shape index (κ1) is 43.6. The molecule has 1 fully saturated rings. The fourth-order valence-electron chi connectivity index (χ4n) is 6.38. The first-order chi connectivity index (χ1) is 26.1. The van der Waals surface area contributed by atoms with Gasteiger partial charge in [0, 0.05) is 66.4 Å². The van der Waals surface area contributed by atoms with E-state index in [0.717, 1.165) is 58.1 Å². The van der Waals surface area contributed by atoms with Crippen LogP contribution < -0.4 is 15.8 Å². The van der Waals surface area contributed by atoms with Crippen molar-refractivity contribution in [1.82, 2.24) is 15.6 Å². The quantitative estimate of drug-likeness (QED) is 0.0380. The van der Waals surface area contributed by atoms with Crippen LogP contribution in [0.2, 0.25) is 0 Å². The van der Waals surface area contributed by atoms with Gasteiger partial charge in [-0.2, -0.15) is 5.10 Å². The van der Waals surface area contributed by atoms with Crippen molar-refractivity contribution in [3.63, 3.8) is 0 Å². The largest absolute Gasteiger partial charge is 0.488 e. The molecule has 0 radical (unpaired) electrons. The number of nitrogens with one attached hydrogen (secondary N) is 1. The van der Waals surface area contributed by atoms with E-state index in [-0.39, 0.29) is 18.4 Å². The maximum Gasteiger partial charge on any atom is 0.488 e. The van der Waals surface area contributed by atoms with Gasteiger partial charge in [-0.1, -0.05) is 63.6 Å². The van der Waals surface area contributed by atoms with Gasteiger partial charge in [0.15, 0.2) is 6.61 Å². The highest BCUT2D eigenvalue weighted by Crippen LogP contribution is 2.47. The molecule has 1 aromatic rings. The van der Waals surface area contributed by atoms with Gasteiger partial charge in [0.2, 0.25) is 0 Å². The van der Waals surface area contributed by atoms with E-state index in [9.17, 15) is 38.3 Å². The van der Waals surface area contributed by atoms with E-state index in [2.05, 4.69) is 29.3 Å². The van der Waals surface area contributed by atoms with Gasteiger partial charge in [-0.05, 0) is 78.7 Å². The molecular weight excluding hydrogens is 749 g/mol. The van der Waals surface area contributed by atoms with Crippen LogP contribution in [0.4, 0.5) is 5.69 Å². The lowest BCUT2D eigenvalue weighted by Gasteiger charge is -2.30. The summed E-state index contributed by atoms with van der Waals surface area (Å²) in [7, 11) is -0.265. The van der Waals surface area contributed by atoms with E-state index in [1.54, 1.807) is 12.1 Å². The number of allylic oxidation sites excluding steroid dienone is 7. The summed E-state index contributed by atoms with van der Waals surface area (Å²) in [6, 6.07) is 5.42. The SMILES string of the molecule is CN(OCC(=O)ON1C(=O)CCC1=O)C(=O)C1=C\N/N=C(/C=C/C=C/C=C2/N(CCCSO)c3ccc(B(O)O)cc3C2(C)C)C(C)(C)\C(CCCSO)=C\1. The maximum atomic E-state index is 13.4. The fraction of sp³-hybridized carbons (Fsp3) is 0.432. The van der Waals surface area contributed by atoms with Gasteiger partial charge in [0.25, 0.3) is 17.7 Å². The standard InChI is InChI=1S/C37H48BN5O10S2/c1-36(2)26(11-9-19-54-50)21-25(35(47)41(5)52-24-34(46)53-43-32(44)16-17-33(43)45)23-39-40-30(36)12-7-6-8-13-31-37(3,4)28-22-27(38(48)49)14-15-29(28)42(31)18-10-20-55-51/h6-8,12-15,21-23,39,48-51H,9-11,16-20,24H2,1-5H3/b8-6+,12-7+,25-23-,26-21+,31-13+,40-30-. The summed E-state index contributed by atoms with van der Waals surface area (Å²) in [4.78, 5) is 61.4. The molecule has 3 heterocycles. The number of fused-ring (bicyclic) bond motifs is 1. The zero-order chi connectivity index (χ0) is 40.3. The second-order valence-corrected chi connectivity index (χ2v) is 15.3. The monoisotopic (exact) mass is 797 g/mol. The van der Waals surface area contributed by atoms with Gasteiger partial charge in [0.1, 0.15) is 0 Å². The van der Waals surface area contributed by atoms with E-state index in [0.29, 0.717) is 47.1 Å². The molecule has 5 N–H and O–H groups in total. The molecule has 4 rings (SSSR count). The van der Waals surface area contributed by atoms with E-state index < -0.39 is 48.2 Å². The number of imide groups is 1. The van der Waals surface area contributed by atoms with Crippen molar-refractivity contribution in [2.75, 3.05) is 36.6 Å². The number of carbonyl (C=O) groups excluding carboxylic acids is 4. The average molecular weight is 798 g/mol. The number of likely N-dealkylation sites (N-methyl/N-ethyl adjacent to an activating group) is 1. The molecule has 3 amide bonds. The molecule has 0 aromatic heterocycles. The Bertz CT molecular complexity index is 1790. The number of amides is 3. The predicted molar refractivity (Wildman–Crippen MR) is 213 cm³/mol. The number of hydrogen-bond donors (Lipinski definition) is 5. The van der Waals surface area contributed by atoms with Gasteiger partial charge in [0.05, 0.1) is 11.3 Å². The molecule has 18 heteroatoms. The molecule has 296 valence electrons. The third kappa shape index (κ3) is 10.8. The third-order valence-corrected chi connectivity index (χ3v) is 10.5. The Hall–Kier alpha value is -4.17. The van der Waals surface area contributed by atoms with Crippen molar-refractivity contribution in [2.24, 2.45) is 10.5 Å². The Kier molecular flexibility index (Phi) is 15.5. The molecule has 0 bridgehead atoms. The minimum atomic E-state index is -1.58. The molecule has 3 aliphatic heterocycles. The van der Waals surface area contributed by atoms with Crippen LogP contribution in [0.25, 0.3) is 0 Å². The van der Waals surface area contributed by atoms with Crippen molar-refractivity contribution in [3.05, 3.63) is 83.3 Å². The number of anilines is 1. The lowest BCUT2D eigenvalue weighted by Crippen LogP contribution is -2.36. The summed E-state index contributed by atoms with van der Waals surface area (Å²) >= 11 is 1.53. The summed E-state index contributed by atoms with van der Waals surface area (Å²) in [5.41, 5.74) is 6.80. The lowest BCUT2D eigenvalue weighted by atomic mass is 9.75. The Labute approximate surface area is 329 Å². The molecule has 0 spiro atoms. The van der Waals surface area contributed by atoms with Crippen LogP contribution in [0.3, 0.4) is 0 Å². The van der Waals surface area contributed by atoms with Gasteiger partial charge in [-0.15, -0.1) is 5.06 Å². The van der Waals surface area contributed by atoms with Crippen molar-refractivity contribution < 1.29 is 48.0 Å². The maximum absolute atomic E-state index is 13.4. The van der Waals surface area contributed by atoms with Crippen molar-refractivity contribution in [2.45, 2.75) is 65.2 Å². The van der Waals surface area contributed by atoms with E-state index >= 15 is 0 Å². The summed E-state index contributed by atoms with van der Waals surface area (Å²) in [6.07, 6.45) is 14.5. The second kappa shape index (κ2) is 19.6. The fourth-order valence-corrected chi connectivity index (χ4v) is 6.91. The van der Waals surface area contributed by atoms with Gasteiger partial charge < -0.3 is 28.9 Å². The molecular formula is C37H48BN5O10S2. The number of benzene rings is 1. The zero-order valence-corrected chi connectivity index (χ0v) is 33.2. The van der Waals surface area contributed by atoms with Gasteiger partial charge in [-0.25, -0.2) is 9.86 Å². The number of hydrazone groups is 1. The molecule has 0 aliphatic carbocycles. The average Bonchev–Trinajstić information content (AvgIpc) is 3.56. The zero-order valence-electron chi connectivity index (χ0n) is 31.6. The number of hydrogen-bond acceptors (Lipinski definition) is 15. The van der Waals surface area contributed by atoms with Crippen molar-refractivity contribution in [1.29, 1.82) is 0 Å². The van der Waals surface area contributed by atoms with Crippen LogP contribution in [0.5, 0.6) is 0 Å². The first-order valence-corrected chi connectivity index (χ1v) is 19.6. The lowest BCUT2D eigenvalue weighted by molar-refractivity contribution is -0.211. The number of carbonyl (C=O) groups is 4. The smallest absolute Gasteiger partial charge is 0.423 e. The summed E-state index contributed by atoms with van der Waals surface area (Å²) in [5, 5.41) is 25.5. The van der Waals surface area contributed by atoms with Crippen LogP contribution in [0.15, 0.2) is 82.8 Å². The van der Waals surface area contributed by atoms with Crippen LogP contribution >= 0.6 is 24.1 Å². The highest BCUT2D eigenvalue weighted by atomic mass is 32.2. The molecule has 55 heavy (non-hydrogen) atoms. The third-order valence-electron chi connectivity index (χ3n) is 9.53. The number of hydroxylamine groups is 4. The highest BCUT2D eigenvalue weighted by molar-refractivity contribution is 7.93.